The van der Waals surface area contributed by atoms with Gasteiger partial charge in [0.15, 0.2) is 0 Å². The molecule has 2 heterocycles. The predicted molar refractivity (Wildman–Crippen MR) is 98.8 cm³/mol. The van der Waals surface area contributed by atoms with Crippen molar-refractivity contribution in [3.63, 3.8) is 0 Å². The van der Waals surface area contributed by atoms with Gasteiger partial charge in [0, 0.05) is 18.4 Å². The van der Waals surface area contributed by atoms with E-state index in [4.69, 9.17) is 0 Å². The second-order valence-electron chi connectivity index (χ2n) is 7.51. The highest BCUT2D eigenvalue weighted by Crippen LogP contribution is 2.30. The number of amides is 2. The molecule has 2 amide bonds. The number of benzene rings is 1. The number of hydrogen-bond acceptors (Lipinski definition) is 5. The van der Waals surface area contributed by atoms with Gasteiger partial charge in [0.05, 0.1) is 11.6 Å². The van der Waals surface area contributed by atoms with E-state index in [9.17, 15) is 14.0 Å². The van der Waals surface area contributed by atoms with Crippen molar-refractivity contribution < 1.29 is 14.0 Å². The first-order chi connectivity index (χ1) is 12.1. The van der Waals surface area contributed by atoms with E-state index in [1.165, 1.54) is 22.3 Å². The van der Waals surface area contributed by atoms with E-state index < -0.39 is 11.7 Å². The molecular weight excluding hydrogens is 355 g/mol. The van der Waals surface area contributed by atoms with Crippen molar-refractivity contribution in [1.29, 1.82) is 0 Å². The van der Waals surface area contributed by atoms with Crippen LogP contribution in [-0.4, -0.2) is 28.6 Å². The maximum Gasteiger partial charge on any atom is 0.231 e. The third-order valence-electron chi connectivity index (χ3n) is 4.19. The Morgan fingerprint density at radius 3 is 2.69 bits per heavy atom. The second-order valence-corrected chi connectivity index (χ2v) is 8.49. The van der Waals surface area contributed by atoms with Gasteiger partial charge in [0.1, 0.15) is 10.8 Å². The van der Waals surface area contributed by atoms with E-state index in [2.05, 4.69) is 15.5 Å². The highest BCUT2D eigenvalue weighted by molar-refractivity contribution is 7.15. The molecule has 138 valence electrons. The van der Waals surface area contributed by atoms with Gasteiger partial charge in [-0.15, -0.1) is 10.2 Å². The number of halogens is 1. The molecule has 1 unspecified atom stereocenters. The van der Waals surface area contributed by atoms with Crippen molar-refractivity contribution >= 4 is 34.0 Å². The quantitative estimate of drug-likeness (QED) is 0.892. The van der Waals surface area contributed by atoms with Crippen molar-refractivity contribution in [2.45, 2.75) is 39.5 Å². The molecular formula is C18H21FN4O2S. The lowest BCUT2D eigenvalue weighted by Gasteiger charge is -2.17. The normalized spacial score (nSPS) is 17.7. The standard InChI is InChI=1S/C18H21FN4O2S/c1-10-5-6-13(12(19)7-10)23-9-11(8-14(23)24)15(25)20-17-22-21-16(26-17)18(2,3)4/h5-7,11H,8-9H2,1-4H3,(H,20,22,25). The van der Waals surface area contributed by atoms with Gasteiger partial charge in [-0.25, -0.2) is 4.39 Å². The minimum atomic E-state index is -0.551. The van der Waals surface area contributed by atoms with Crippen LogP contribution < -0.4 is 10.2 Å². The van der Waals surface area contributed by atoms with Crippen molar-refractivity contribution in [3.05, 3.63) is 34.6 Å². The number of rotatable bonds is 3. The van der Waals surface area contributed by atoms with Crippen LogP contribution in [0.2, 0.25) is 0 Å². The molecule has 1 aromatic heterocycles. The van der Waals surface area contributed by atoms with Gasteiger partial charge in [0.2, 0.25) is 16.9 Å². The molecule has 26 heavy (non-hydrogen) atoms. The Morgan fingerprint density at radius 2 is 2.08 bits per heavy atom. The monoisotopic (exact) mass is 376 g/mol. The zero-order valence-electron chi connectivity index (χ0n) is 15.2. The zero-order chi connectivity index (χ0) is 19.1. The second kappa shape index (κ2) is 6.75. The fourth-order valence-electron chi connectivity index (χ4n) is 2.73. The molecule has 1 atom stereocenters. The molecule has 0 aliphatic carbocycles. The molecule has 0 spiro atoms. The number of carbonyl (C=O) groups is 2. The van der Waals surface area contributed by atoms with Crippen LogP contribution in [0.1, 0.15) is 37.8 Å². The summed E-state index contributed by atoms with van der Waals surface area (Å²) in [6, 6.07) is 4.70. The fraction of sp³-hybridized carbons (Fsp3) is 0.444. The molecule has 1 aromatic carbocycles. The first-order valence-electron chi connectivity index (χ1n) is 8.36. The number of aryl methyl sites for hydroxylation is 1. The lowest BCUT2D eigenvalue weighted by atomic mass is 9.98. The summed E-state index contributed by atoms with van der Waals surface area (Å²) in [4.78, 5) is 26.1. The Hall–Kier alpha value is -2.35. The van der Waals surface area contributed by atoms with Gasteiger partial charge in [-0.05, 0) is 24.6 Å². The van der Waals surface area contributed by atoms with Gasteiger partial charge in [0.25, 0.3) is 0 Å². The highest BCUT2D eigenvalue weighted by Gasteiger charge is 2.36. The first kappa shape index (κ1) is 18.4. The Labute approximate surface area is 155 Å². The van der Waals surface area contributed by atoms with Gasteiger partial charge in [-0.1, -0.05) is 38.2 Å². The lowest BCUT2D eigenvalue weighted by Crippen LogP contribution is -2.28. The molecule has 0 bridgehead atoms. The Morgan fingerprint density at radius 1 is 1.35 bits per heavy atom. The molecule has 2 aromatic rings. The topological polar surface area (TPSA) is 75.2 Å². The molecule has 1 aliphatic heterocycles. The third-order valence-corrected chi connectivity index (χ3v) is 5.45. The molecule has 0 radical (unpaired) electrons. The molecule has 8 heteroatoms. The minimum Gasteiger partial charge on any atom is -0.309 e. The van der Waals surface area contributed by atoms with E-state index >= 15 is 0 Å². The average Bonchev–Trinajstić information content (AvgIpc) is 3.14. The van der Waals surface area contributed by atoms with Gasteiger partial charge < -0.3 is 10.2 Å². The smallest absolute Gasteiger partial charge is 0.231 e. The van der Waals surface area contributed by atoms with E-state index in [1.807, 2.05) is 20.8 Å². The molecule has 6 nitrogen and oxygen atoms in total. The summed E-state index contributed by atoms with van der Waals surface area (Å²) >= 11 is 1.32. The third kappa shape index (κ3) is 3.75. The van der Waals surface area contributed by atoms with E-state index in [0.29, 0.717) is 5.13 Å². The van der Waals surface area contributed by atoms with Crippen LogP contribution in [0.3, 0.4) is 0 Å². The summed E-state index contributed by atoms with van der Waals surface area (Å²) < 4.78 is 14.2. The fourth-order valence-corrected chi connectivity index (χ4v) is 3.54. The molecule has 1 saturated heterocycles. The first-order valence-corrected chi connectivity index (χ1v) is 9.18. The summed E-state index contributed by atoms with van der Waals surface area (Å²) in [6.45, 7) is 7.98. The number of carbonyl (C=O) groups excluding carboxylic acids is 2. The summed E-state index contributed by atoms with van der Waals surface area (Å²) in [5, 5.41) is 12.0. The zero-order valence-corrected chi connectivity index (χ0v) is 16.0. The predicted octanol–water partition coefficient (Wildman–Crippen LogP) is 3.27. The molecule has 3 rings (SSSR count). The number of hydrogen-bond donors (Lipinski definition) is 1. The van der Waals surface area contributed by atoms with Crippen LogP contribution in [0, 0.1) is 18.7 Å². The van der Waals surface area contributed by atoms with Gasteiger partial charge in [-0.3, -0.25) is 9.59 Å². The maximum atomic E-state index is 14.2. The maximum absolute atomic E-state index is 14.2. The Balaban J connectivity index is 1.70. The largest absolute Gasteiger partial charge is 0.309 e. The van der Waals surface area contributed by atoms with Crippen LogP contribution in [-0.2, 0) is 15.0 Å². The van der Waals surface area contributed by atoms with Crippen molar-refractivity contribution in [1.82, 2.24) is 10.2 Å². The van der Waals surface area contributed by atoms with Crippen LogP contribution in [0.25, 0.3) is 0 Å². The summed E-state index contributed by atoms with van der Waals surface area (Å²) in [5.74, 6) is -1.57. The molecule has 1 fully saturated rings. The summed E-state index contributed by atoms with van der Waals surface area (Å²) in [6.07, 6.45) is 0.0457. The summed E-state index contributed by atoms with van der Waals surface area (Å²) in [5.41, 5.74) is 0.837. The van der Waals surface area contributed by atoms with Crippen LogP contribution in [0.5, 0.6) is 0 Å². The van der Waals surface area contributed by atoms with Crippen LogP contribution in [0.4, 0.5) is 15.2 Å². The average molecular weight is 376 g/mol. The Kier molecular flexibility index (Phi) is 4.79. The van der Waals surface area contributed by atoms with Crippen molar-refractivity contribution in [3.8, 4) is 0 Å². The number of aromatic nitrogens is 2. The van der Waals surface area contributed by atoms with Crippen LogP contribution in [0.15, 0.2) is 18.2 Å². The van der Waals surface area contributed by atoms with Crippen molar-refractivity contribution in [2.75, 3.05) is 16.8 Å². The summed E-state index contributed by atoms with van der Waals surface area (Å²) in [7, 11) is 0. The Bertz CT molecular complexity index is 859. The van der Waals surface area contributed by atoms with E-state index in [0.717, 1.165) is 10.6 Å². The minimum absolute atomic E-state index is 0.0457. The van der Waals surface area contributed by atoms with E-state index in [-0.39, 0.29) is 35.9 Å². The number of anilines is 2. The molecule has 1 N–H and O–H groups in total. The van der Waals surface area contributed by atoms with Gasteiger partial charge >= 0.3 is 0 Å². The highest BCUT2D eigenvalue weighted by atomic mass is 32.1. The van der Waals surface area contributed by atoms with Gasteiger partial charge in [-0.2, -0.15) is 0 Å². The van der Waals surface area contributed by atoms with Crippen LogP contribution >= 0.6 is 11.3 Å². The van der Waals surface area contributed by atoms with Crippen molar-refractivity contribution in [2.24, 2.45) is 5.92 Å². The molecule has 0 saturated carbocycles. The number of nitrogens with one attached hydrogen (secondary N) is 1. The van der Waals surface area contributed by atoms with E-state index in [1.54, 1.807) is 19.1 Å². The molecule has 1 aliphatic rings. The number of nitrogens with zero attached hydrogens (tertiary/aromatic N) is 3. The lowest BCUT2D eigenvalue weighted by molar-refractivity contribution is -0.122. The SMILES string of the molecule is Cc1ccc(N2CC(C(=O)Nc3nnc(C(C)(C)C)s3)CC2=O)c(F)c1.